The fourth-order valence-corrected chi connectivity index (χ4v) is 11.6. The van der Waals surface area contributed by atoms with E-state index in [9.17, 15) is 19.2 Å². The molecule has 3 aliphatic heterocycles. The van der Waals surface area contributed by atoms with Crippen LogP contribution in [0.25, 0.3) is 33.4 Å². The molecule has 6 heterocycles. The Morgan fingerprint density at radius 1 is 0.523 bits per heavy atom. The number of rotatable bonds is 15. The summed E-state index contributed by atoms with van der Waals surface area (Å²) in [7, 11) is 13.3. The van der Waals surface area contributed by atoms with Gasteiger partial charge in [-0.25, -0.2) is 9.59 Å². The second-order valence-corrected chi connectivity index (χ2v) is 26.2. The first kappa shape index (κ1) is 66.1. The molecule has 5 N–H and O–H groups in total. The van der Waals surface area contributed by atoms with E-state index in [0.29, 0.717) is 58.9 Å². The first-order valence-corrected chi connectivity index (χ1v) is 30.2. The number of nitrogens with one attached hydrogen (secondary N) is 3. The molecule has 3 saturated heterocycles. The van der Waals surface area contributed by atoms with E-state index < -0.39 is 11.2 Å². The van der Waals surface area contributed by atoms with Crippen molar-refractivity contribution in [2.24, 2.45) is 26.9 Å². The molecule has 6 aromatic rings. The molecule has 0 bridgehead atoms. The van der Waals surface area contributed by atoms with Crippen LogP contribution in [0.2, 0.25) is 0 Å². The summed E-state index contributed by atoms with van der Waals surface area (Å²) < 4.78 is 16.5. The van der Waals surface area contributed by atoms with Crippen LogP contribution in [0.5, 0.6) is 0 Å². The van der Waals surface area contributed by atoms with Crippen molar-refractivity contribution in [3.63, 3.8) is 0 Å². The van der Waals surface area contributed by atoms with Crippen LogP contribution < -0.4 is 21.7 Å². The van der Waals surface area contributed by atoms with Crippen molar-refractivity contribution in [3.05, 3.63) is 127 Å². The van der Waals surface area contributed by atoms with Gasteiger partial charge in [-0.1, -0.05) is 72.8 Å². The van der Waals surface area contributed by atoms with Crippen LogP contribution in [0.15, 0.2) is 110 Å². The van der Waals surface area contributed by atoms with Gasteiger partial charge in [0.1, 0.15) is 11.2 Å². The van der Waals surface area contributed by atoms with Crippen LogP contribution in [0.3, 0.4) is 0 Å². The minimum atomic E-state index is -0.524. The van der Waals surface area contributed by atoms with E-state index in [0.717, 1.165) is 85.0 Å². The summed E-state index contributed by atoms with van der Waals surface area (Å²) >= 11 is 0. The molecule has 9 rings (SSSR count). The zero-order chi connectivity index (χ0) is 62.5. The molecule has 0 saturated carbocycles. The van der Waals surface area contributed by atoms with Crippen molar-refractivity contribution in [2.45, 2.75) is 108 Å². The van der Waals surface area contributed by atoms with E-state index in [1.165, 1.54) is 16.7 Å². The van der Waals surface area contributed by atoms with Gasteiger partial charge in [0, 0.05) is 118 Å². The molecule has 466 valence electrons. The lowest BCUT2D eigenvalue weighted by Crippen LogP contribution is -2.51. The van der Waals surface area contributed by atoms with Gasteiger partial charge in [0.2, 0.25) is 11.8 Å². The molecule has 3 aliphatic rings. The molecular weight excluding hydrogens is 1080 g/mol. The Kier molecular flexibility index (Phi) is 22.2. The number of carbonyl (C=O) groups is 4. The molecule has 0 unspecified atom stereocenters. The minimum Gasteiger partial charge on any atom is -0.444 e. The van der Waals surface area contributed by atoms with Gasteiger partial charge in [-0.15, -0.1) is 0 Å². The van der Waals surface area contributed by atoms with Crippen LogP contribution in [-0.4, -0.2) is 184 Å². The number of hydrogen-bond acceptors (Lipinski definition) is 13. The van der Waals surface area contributed by atoms with Gasteiger partial charge in [0.15, 0.2) is 0 Å². The molecule has 86 heavy (non-hydrogen) atoms. The number of piperidine rings is 3. The van der Waals surface area contributed by atoms with Crippen molar-refractivity contribution in [1.82, 2.24) is 64.9 Å². The molecule has 20 heteroatoms. The Hall–Kier alpha value is -7.39. The molecular formula is C66H96N14O6. The zero-order valence-corrected chi connectivity index (χ0v) is 53.4. The second-order valence-electron chi connectivity index (χ2n) is 26.2. The maximum absolute atomic E-state index is 12.6. The number of nitrogens with two attached hydrogens (primary N) is 1. The Labute approximate surface area is 510 Å². The molecule has 3 fully saturated rings. The Morgan fingerprint density at radius 3 is 1.15 bits per heavy atom. The van der Waals surface area contributed by atoms with Crippen molar-refractivity contribution >= 4 is 24.0 Å². The predicted molar refractivity (Wildman–Crippen MR) is 339 cm³/mol. The molecule has 0 spiro atoms. The molecule has 4 amide bonds. The van der Waals surface area contributed by atoms with Crippen molar-refractivity contribution < 1.29 is 28.7 Å². The normalized spacial score (nSPS) is 16.5. The van der Waals surface area contributed by atoms with Crippen molar-refractivity contribution in [2.75, 3.05) is 100 Å². The van der Waals surface area contributed by atoms with Crippen LogP contribution in [0.4, 0.5) is 9.59 Å². The van der Waals surface area contributed by atoms with Crippen LogP contribution in [0, 0.1) is 0 Å². The van der Waals surface area contributed by atoms with Gasteiger partial charge in [0.25, 0.3) is 0 Å². The highest BCUT2D eigenvalue weighted by Crippen LogP contribution is 2.40. The summed E-state index contributed by atoms with van der Waals surface area (Å²) in [6, 6.07) is 25.7. The van der Waals surface area contributed by atoms with Crippen LogP contribution >= 0.6 is 0 Å². The summed E-state index contributed by atoms with van der Waals surface area (Å²) in [5, 5.41) is 22.6. The molecule has 0 atom stereocenters. The maximum Gasteiger partial charge on any atom is 0.410 e. The molecule has 20 nitrogen and oxygen atoms in total. The first-order valence-electron chi connectivity index (χ1n) is 30.2. The van der Waals surface area contributed by atoms with E-state index in [2.05, 4.69) is 104 Å². The van der Waals surface area contributed by atoms with Gasteiger partial charge >= 0.3 is 12.2 Å². The number of aryl methyl sites for hydroxylation is 3. The van der Waals surface area contributed by atoms with Gasteiger partial charge < -0.3 is 50.8 Å². The summed E-state index contributed by atoms with van der Waals surface area (Å²) in [5.41, 5.74) is 15.2. The number of aromatic nitrogens is 6. The zero-order valence-electron chi connectivity index (χ0n) is 53.4. The third kappa shape index (κ3) is 18.3. The molecule has 3 aromatic heterocycles. The monoisotopic (exact) mass is 1180 g/mol. The third-order valence-corrected chi connectivity index (χ3v) is 16.4. The Morgan fingerprint density at radius 2 is 0.849 bits per heavy atom. The summed E-state index contributed by atoms with van der Waals surface area (Å²) in [4.78, 5) is 56.9. The lowest BCUT2D eigenvalue weighted by atomic mass is 9.72. The number of nitrogens with zero attached hydrogens (tertiary/aromatic N) is 10. The molecule has 3 aromatic carbocycles. The van der Waals surface area contributed by atoms with E-state index in [4.69, 9.17) is 15.2 Å². The highest BCUT2D eigenvalue weighted by atomic mass is 16.6. The average molecular weight is 1180 g/mol. The lowest BCUT2D eigenvalue weighted by molar-refractivity contribution is -0.122. The summed E-state index contributed by atoms with van der Waals surface area (Å²) in [6.45, 7) is 18.3. The number of carbonyl (C=O) groups excluding carboxylic acids is 4. The number of benzene rings is 3. The standard InChI is InChI=1S/C25H37N5O3.C21H30N4O2.C20H29N5O/c1-24(2,3)33-23(32)30-12-10-25(11-13-30,18-26-22(31)17-28(4)5)21-9-7-8-19(14-21)20-15-27-29(6)16-20;1-20(2,3)27-19(26)25-10-8-21(15-22,9-11-25)18-7-5-6-16(12-18)17-13-23-24(4)14-17;1-24(2)14-19(26)22-15-20(7-9-21-10-8-20)18-6-4-5-16(11-18)17-12-23-25(3)13-17/h7-9,14-16H,10-13,17-18H2,1-6H3,(H,26,31);5-7,12-14H,8-11,15,22H2,1-4H3;4-6,11-13,21H,7-10,14-15H2,1-3H3,(H,22,26). The Bertz CT molecular complexity index is 3180. The van der Waals surface area contributed by atoms with E-state index in [1.54, 1.807) is 19.2 Å². The SMILES string of the molecule is CN(C)CC(=O)NCC1(c2cccc(-c3cnn(C)c3)c2)CCN(C(=O)OC(C)(C)C)CC1.CN(C)CC(=O)NCC1(c2cccc(-c3cnn(C)c3)c2)CCNCC1.Cn1cc(-c2cccc(C3(CN)CCN(C(=O)OC(C)(C)C)CC3)c2)cn1. The lowest BCUT2D eigenvalue weighted by Gasteiger charge is -2.42. The third-order valence-electron chi connectivity index (χ3n) is 16.4. The average Bonchev–Trinajstić information content (AvgIpc) is 1.06. The van der Waals surface area contributed by atoms with Crippen LogP contribution in [-0.2, 0) is 56.5 Å². The molecule has 0 radical (unpaired) electrons. The minimum absolute atomic E-state index is 0.00244. The smallest absolute Gasteiger partial charge is 0.410 e. The summed E-state index contributed by atoms with van der Waals surface area (Å²) in [6.07, 6.45) is 16.3. The molecule has 0 aliphatic carbocycles. The van der Waals surface area contributed by atoms with Gasteiger partial charge in [-0.3, -0.25) is 23.6 Å². The van der Waals surface area contributed by atoms with E-state index in [-0.39, 0.29) is 40.2 Å². The van der Waals surface area contributed by atoms with Gasteiger partial charge in [0.05, 0.1) is 31.7 Å². The summed E-state index contributed by atoms with van der Waals surface area (Å²) in [5.74, 6) is 0.0775. The van der Waals surface area contributed by atoms with Crippen molar-refractivity contribution in [3.8, 4) is 33.4 Å². The number of hydrogen-bond donors (Lipinski definition) is 4. The topological polar surface area (TPSA) is 215 Å². The number of amides is 4. The second kappa shape index (κ2) is 28.9. The predicted octanol–water partition coefficient (Wildman–Crippen LogP) is 7.73. The maximum atomic E-state index is 12.6. The fraction of sp³-hybridized carbons (Fsp3) is 0.530. The largest absolute Gasteiger partial charge is 0.444 e. The van der Waals surface area contributed by atoms with E-state index >= 15 is 0 Å². The number of likely N-dealkylation sites (tertiary alicyclic amines) is 2. The quantitative estimate of drug-likeness (QED) is 0.0776. The van der Waals surface area contributed by atoms with Crippen molar-refractivity contribution in [1.29, 1.82) is 0 Å². The van der Waals surface area contributed by atoms with Gasteiger partial charge in [-0.2, -0.15) is 15.3 Å². The number of likely N-dealkylation sites (N-methyl/N-ethyl adjacent to an activating group) is 2. The van der Waals surface area contributed by atoms with E-state index in [1.807, 2.05) is 143 Å². The number of ether oxygens (including phenoxy) is 2. The highest BCUT2D eigenvalue weighted by Gasteiger charge is 2.41. The fourth-order valence-electron chi connectivity index (χ4n) is 11.6. The first-order chi connectivity index (χ1) is 40.7. The Balaban J connectivity index is 0.000000186. The highest BCUT2D eigenvalue weighted by molar-refractivity contribution is 5.79. The van der Waals surface area contributed by atoms with Gasteiger partial charge in [-0.05, 0) is 155 Å². The van der Waals surface area contributed by atoms with Crippen LogP contribution in [0.1, 0.15) is 96.8 Å².